The number of benzene rings is 3. The Kier molecular flexibility index (Phi) is 6.10. The van der Waals surface area contributed by atoms with Crippen LogP contribution >= 0.6 is 0 Å². The smallest absolute Gasteiger partial charge is 0.200 e. The van der Waals surface area contributed by atoms with Crippen LogP contribution in [0.25, 0.3) is 11.0 Å². The first-order valence-electron chi connectivity index (χ1n) is 11.5. The lowest BCUT2D eigenvalue weighted by Gasteiger charge is -2.37. The maximum absolute atomic E-state index is 13.6. The van der Waals surface area contributed by atoms with Crippen LogP contribution in [0, 0.1) is 18.3 Å². The van der Waals surface area contributed by atoms with Gasteiger partial charge in [0.05, 0.1) is 22.0 Å². The van der Waals surface area contributed by atoms with E-state index in [4.69, 9.17) is 9.97 Å². The van der Waals surface area contributed by atoms with E-state index in [1.807, 2.05) is 60.4 Å². The molecular formula is C27H25N5O2S. The number of aryl methyl sites for hydroxylation is 1. The lowest BCUT2D eigenvalue weighted by Crippen LogP contribution is -2.47. The van der Waals surface area contributed by atoms with E-state index < -0.39 is 15.1 Å². The fourth-order valence-corrected chi connectivity index (χ4v) is 5.92. The highest BCUT2D eigenvalue weighted by molar-refractivity contribution is 7.92. The van der Waals surface area contributed by atoms with Gasteiger partial charge in [0.25, 0.3) is 0 Å². The van der Waals surface area contributed by atoms with Crippen molar-refractivity contribution in [3.05, 3.63) is 90.1 Å². The van der Waals surface area contributed by atoms with Crippen LogP contribution in [0.1, 0.15) is 16.5 Å². The quantitative estimate of drug-likeness (QED) is 0.418. The Balaban J connectivity index is 1.56. The molecule has 0 radical (unpaired) electrons. The summed E-state index contributed by atoms with van der Waals surface area (Å²) in [6.45, 7) is 4.60. The third-order valence-corrected chi connectivity index (χ3v) is 8.13. The SMILES string of the molecule is Cc1cccc(S(=O)(=O)C(C#N)c2nc3ccccc3nc2N2CCN(c3ccccc3)CC2)c1. The molecule has 1 aliphatic heterocycles. The number of hydrogen-bond acceptors (Lipinski definition) is 7. The number of nitrogens with zero attached hydrogens (tertiary/aromatic N) is 5. The molecule has 176 valence electrons. The number of anilines is 2. The number of fused-ring (bicyclic) bond motifs is 1. The van der Waals surface area contributed by atoms with Crippen LogP contribution in [0.5, 0.6) is 0 Å². The van der Waals surface area contributed by atoms with Gasteiger partial charge in [0.2, 0.25) is 9.84 Å². The van der Waals surface area contributed by atoms with E-state index in [2.05, 4.69) is 17.0 Å². The molecular weight excluding hydrogens is 458 g/mol. The molecule has 1 fully saturated rings. The molecule has 5 rings (SSSR count). The van der Waals surface area contributed by atoms with E-state index in [-0.39, 0.29) is 10.6 Å². The molecule has 7 nitrogen and oxygen atoms in total. The van der Waals surface area contributed by atoms with Crippen LogP contribution in [0.15, 0.2) is 83.8 Å². The van der Waals surface area contributed by atoms with Crippen molar-refractivity contribution in [2.45, 2.75) is 17.1 Å². The van der Waals surface area contributed by atoms with Crippen molar-refractivity contribution in [2.75, 3.05) is 36.0 Å². The highest BCUT2D eigenvalue weighted by Crippen LogP contribution is 2.34. The molecule has 1 aromatic heterocycles. The normalized spacial score (nSPS) is 15.1. The second kappa shape index (κ2) is 9.35. The van der Waals surface area contributed by atoms with E-state index in [9.17, 15) is 13.7 Å². The third-order valence-electron chi connectivity index (χ3n) is 6.27. The molecule has 0 spiro atoms. The Morgan fingerprint density at radius 1 is 0.829 bits per heavy atom. The Morgan fingerprint density at radius 2 is 1.46 bits per heavy atom. The van der Waals surface area contributed by atoms with E-state index in [1.54, 1.807) is 18.2 Å². The molecule has 1 aliphatic rings. The Hall–Kier alpha value is -3.96. The minimum absolute atomic E-state index is 0.110. The fourth-order valence-electron chi connectivity index (χ4n) is 4.43. The van der Waals surface area contributed by atoms with E-state index >= 15 is 0 Å². The number of nitriles is 1. The molecule has 0 aliphatic carbocycles. The van der Waals surface area contributed by atoms with Crippen molar-refractivity contribution in [3.8, 4) is 6.07 Å². The van der Waals surface area contributed by atoms with Crippen LogP contribution < -0.4 is 9.80 Å². The number of sulfone groups is 1. The highest BCUT2D eigenvalue weighted by atomic mass is 32.2. The molecule has 1 unspecified atom stereocenters. The van der Waals surface area contributed by atoms with Crippen LogP contribution in [-0.2, 0) is 9.84 Å². The molecule has 3 aromatic carbocycles. The van der Waals surface area contributed by atoms with Crippen molar-refractivity contribution in [3.63, 3.8) is 0 Å². The van der Waals surface area contributed by atoms with E-state index in [1.165, 1.54) is 6.07 Å². The molecule has 2 heterocycles. The fraction of sp³-hybridized carbons (Fsp3) is 0.222. The van der Waals surface area contributed by atoms with Crippen LogP contribution in [0.3, 0.4) is 0 Å². The zero-order valence-electron chi connectivity index (χ0n) is 19.4. The monoisotopic (exact) mass is 483 g/mol. The number of rotatable bonds is 5. The molecule has 0 saturated carbocycles. The van der Waals surface area contributed by atoms with E-state index in [0.717, 1.165) is 24.3 Å². The molecule has 8 heteroatoms. The molecule has 0 N–H and O–H groups in total. The van der Waals surface area contributed by atoms with Gasteiger partial charge in [0.15, 0.2) is 11.1 Å². The van der Waals surface area contributed by atoms with Gasteiger partial charge in [-0.25, -0.2) is 18.4 Å². The summed E-state index contributed by atoms with van der Waals surface area (Å²) in [4.78, 5) is 14.0. The lowest BCUT2D eigenvalue weighted by atomic mass is 10.2. The number of para-hydroxylation sites is 3. The van der Waals surface area contributed by atoms with Gasteiger partial charge < -0.3 is 9.80 Å². The first-order chi connectivity index (χ1) is 17.0. The summed E-state index contributed by atoms with van der Waals surface area (Å²) >= 11 is 0. The van der Waals surface area contributed by atoms with Gasteiger partial charge in [0, 0.05) is 31.9 Å². The van der Waals surface area contributed by atoms with Gasteiger partial charge in [-0.05, 0) is 48.9 Å². The minimum atomic E-state index is -4.01. The van der Waals surface area contributed by atoms with Crippen LogP contribution in [0.2, 0.25) is 0 Å². The van der Waals surface area contributed by atoms with E-state index in [0.29, 0.717) is 29.9 Å². The van der Waals surface area contributed by atoms with Gasteiger partial charge in [-0.2, -0.15) is 5.26 Å². The first-order valence-corrected chi connectivity index (χ1v) is 13.0. The second-order valence-electron chi connectivity index (χ2n) is 8.60. The van der Waals surface area contributed by atoms with Crippen molar-refractivity contribution in [1.29, 1.82) is 5.26 Å². The largest absolute Gasteiger partial charge is 0.368 e. The summed E-state index contributed by atoms with van der Waals surface area (Å²) in [5.41, 5.74) is 3.37. The number of hydrogen-bond donors (Lipinski definition) is 0. The molecule has 1 atom stereocenters. The Bertz CT molecular complexity index is 1510. The van der Waals surface area contributed by atoms with Crippen molar-refractivity contribution >= 4 is 32.4 Å². The maximum Gasteiger partial charge on any atom is 0.200 e. The zero-order chi connectivity index (χ0) is 24.4. The maximum atomic E-state index is 13.6. The van der Waals surface area contributed by atoms with Gasteiger partial charge in [-0.3, -0.25) is 0 Å². The van der Waals surface area contributed by atoms with Gasteiger partial charge in [-0.15, -0.1) is 0 Å². The van der Waals surface area contributed by atoms with Gasteiger partial charge in [0.1, 0.15) is 5.69 Å². The molecule has 4 aromatic rings. The number of piperazine rings is 1. The Labute approximate surface area is 205 Å². The average Bonchev–Trinajstić information content (AvgIpc) is 2.89. The summed E-state index contributed by atoms with van der Waals surface area (Å²) in [5, 5.41) is 8.64. The van der Waals surface area contributed by atoms with Gasteiger partial charge in [-0.1, -0.05) is 42.5 Å². The predicted molar refractivity (Wildman–Crippen MR) is 137 cm³/mol. The van der Waals surface area contributed by atoms with Crippen molar-refractivity contribution < 1.29 is 8.42 Å². The zero-order valence-corrected chi connectivity index (χ0v) is 20.2. The summed E-state index contributed by atoms with van der Waals surface area (Å²) in [6.07, 6.45) is 0. The molecule has 0 amide bonds. The number of aromatic nitrogens is 2. The summed E-state index contributed by atoms with van der Waals surface area (Å²) in [5.74, 6) is 0.458. The van der Waals surface area contributed by atoms with Crippen molar-refractivity contribution in [1.82, 2.24) is 9.97 Å². The minimum Gasteiger partial charge on any atom is -0.368 e. The second-order valence-corrected chi connectivity index (χ2v) is 10.6. The third kappa shape index (κ3) is 4.43. The average molecular weight is 484 g/mol. The lowest BCUT2D eigenvalue weighted by molar-refractivity contribution is 0.589. The van der Waals surface area contributed by atoms with Gasteiger partial charge >= 0.3 is 0 Å². The standard InChI is InChI=1S/C27H25N5O2S/c1-20-8-7-11-22(18-20)35(33,34)25(19-28)26-27(30-24-13-6-5-12-23(24)29-26)32-16-14-31(15-17-32)21-9-3-2-4-10-21/h2-13,18,25H,14-17H2,1H3. The summed E-state index contributed by atoms with van der Waals surface area (Å²) in [6, 6.07) is 26.2. The molecule has 1 saturated heterocycles. The Morgan fingerprint density at radius 3 is 2.11 bits per heavy atom. The topological polar surface area (TPSA) is 90.2 Å². The van der Waals surface area contributed by atoms with Crippen molar-refractivity contribution in [2.24, 2.45) is 0 Å². The predicted octanol–water partition coefficient (Wildman–Crippen LogP) is 4.30. The first kappa shape index (κ1) is 22.8. The highest BCUT2D eigenvalue weighted by Gasteiger charge is 2.35. The molecule has 0 bridgehead atoms. The molecule has 35 heavy (non-hydrogen) atoms. The summed E-state index contributed by atoms with van der Waals surface area (Å²) < 4.78 is 27.2. The summed E-state index contributed by atoms with van der Waals surface area (Å²) in [7, 11) is -4.01. The van der Waals surface area contributed by atoms with Crippen LogP contribution in [0.4, 0.5) is 11.5 Å². The van der Waals surface area contributed by atoms with Crippen LogP contribution in [-0.4, -0.2) is 44.6 Å².